The molecule has 0 unspecified atom stereocenters. The molecule has 26 heavy (non-hydrogen) atoms. The largest absolute Gasteiger partial charge is 0.328 e. The lowest BCUT2D eigenvalue weighted by atomic mass is 10.2. The van der Waals surface area contributed by atoms with Crippen LogP contribution >= 0.6 is 0 Å². The Morgan fingerprint density at radius 2 is 1.12 bits per heavy atom. The zero-order valence-corrected chi connectivity index (χ0v) is 14.3. The standard InChI is InChI=1S/C16H18N4O6/c1-9(21)11-7-19(15(25)17-13(11)23)5-3-4-6-20-8-12(10(2)22)14(24)18-16(20)26/h7-8H,3-6H2,1-2H3,(H,17,23,25)(H,18,24,26). The fourth-order valence-electron chi connectivity index (χ4n) is 2.42. The van der Waals surface area contributed by atoms with E-state index in [0.29, 0.717) is 12.8 Å². The lowest BCUT2D eigenvalue weighted by Crippen LogP contribution is -2.33. The van der Waals surface area contributed by atoms with Crippen LogP contribution in [-0.4, -0.2) is 30.7 Å². The highest BCUT2D eigenvalue weighted by atomic mass is 16.2. The van der Waals surface area contributed by atoms with Gasteiger partial charge in [-0.3, -0.25) is 38.3 Å². The van der Waals surface area contributed by atoms with Gasteiger partial charge >= 0.3 is 11.4 Å². The lowest BCUT2D eigenvalue weighted by molar-refractivity contribution is 0.100. The maximum Gasteiger partial charge on any atom is 0.328 e. The van der Waals surface area contributed by atoms with Crippen molar-refractivity contribution in [2.24, 2.45) is 0 Å². The van der Waals surface area contributed by atoms with E-state index in [1.807, 2.05) is 0 Å². The number of ketones is 2. The van der Waals surface area contributed by atoms with Crippen LogP contribution in [-0.2, 0) is 13.1 Å². The number of aromatic nitrogens is 4. The number of hydrogen-bond acceptors (Lipinski definition) is 6. The summed E-state index contributed by atoms with van der Waals surface area (Å²) in [6, 6.07) is 0. The smallest absolute Gasteiger partial charge is 0.300 e. The molecular formula is C16H18N4O6. The molecule has 10 heteroatoms. The van der Waals surface area contributed by atoms with E-state index >= 15 is 0 Å². The number of hydrogen-bond donors (Lipinski definition) is 2. The molecule has 10 nitrogen and oxygen atoms in total. The molecule has 2 aromatic rings. The average Bonchev–Trinajstić information content (AvgIpc) is 2.54. The quantitative estimate of drug-likeness (QED) is 0.491. The summed E-state index contributed by atoms with van der Waals surface area (Å²) in [6.07, 6.45) is 3.35. The Kier molecular flexibility index (Phi) is 5.65. The number of H-pyrrole nitrogens is 2. The van der Waals surface area contributed by atoms with Gasteiger partial charge in [0, 0.05) is 25.5 Å². The molecular weight excluding hydrogens is 344 g/mol. The van der Waals surface area contributed by atoms with Gasteiger partial charge in [0.05, 0.1) is 11.1 Å². The lowest BCUT2D eigenvalue weighted by Gasteiger charge is -2.08. The van der Waals surface area contributed by atoms with Crippen molar-refractivity contribution in [1.82, 2.24) is 19.1 Å². The first-order valence-corrected chi connectivity index (χ1v) is 7.90. The summed E-state index contributed by atoms with van der Waals surface area (Å²) in [5.41, 5.74) is -2.91. The zero-order valence-electron chi connectivity index (χ0n) is 14.3. The van der Waals surface area contributed by atoms with Crippen LogP contribution in [0.2, 0.25) is 0 Å². The monoisotopic (exact) mass is 362 g/mol. The van der Waals surface area contributed by atoms with Crippen LogP contribution in [0.1, 0.15) is 47.4 Å². The number of unbranched alkanes of at least 4 members (excludes halogenated alkanes) is 1. The van der Waals surface area contributed by atoms with E-state index in [2.05, 4.69) is 9.97 Å². The summed E-state index contributed by atoms with van der Waals surface area (Å²) in [5, 5.41) is 0. The van der Waals surface area contributed by atoms with Gasteiger partial charge in [0.2, 0.25) is 0 Å². The second kappa shape index (κ2) is 7.72. The summed E-state index contributed by atoms with van der Waals surface area (Å²) < 4.78 is 2.43. The molecule has 2 rings (SSSR count). The number of carbonyl (C=O) groups excluding carboxylic acids is 2. The second-order valence-electron chi connectivity index (χ2n) is 5.81. The molecule has 0 aliphatic rings. The van der Waals surface area contributed by atoms with Crippen LogP contribution < -0.4 is 22.5 Å². The molecule has 0 atom stereocenters. The van der Waals surface area contributed by atoms with Crippen molar-refractivity contribution in [2.45, 2.75) is 39.8 Å². The number of rotatable bonds is 7. The number of Topliss-reactive ketones (excluding diaryl/α,β-unsaturated/α-hetero) is 2. The molecule has 0 aliphatic heterocycles. The van der Waals surface area contributed by atoms with Crippen molar-refractivity contribution in [2.75, 3.05) is 0 Å². The highest BCUT2D eigenvalue weighted by molar-refractivity contribution is 5.93. The van der Waals surface area contributed by atoms with E-state index < -0.39 is 34.1 Å². The van der Waals surface area contributed by atoms with E-state index in [-0.39, 0.29) is 24.2 Å². The molecule has 0 radical (unpaired) electrons. The van der Waals surface area contributed by atoms with E-state index in [1.54, 1.807) is 0 Å². The van der Waals surface area contributed by atoms with Gasteiger partial charge in [-0.15, -0.1) is 0 Å². The van der Waals surface area contributed by atoms with Crippen LogP contribution in [0.15, 0.2) is 31.6 Å². The minimum atomic E-state index is -0.727. The molecule has 2 N–H and O–H groups in total. The fourth-order valence-corrected chi connectivity index (χ4v) is 2.42. The van der Waals surface area contributed by atoms with Gasteiger partial charge in [0.15, 0.2) is 11.6 Å². The van der Waals surface area contributed by atoms with Crippen LogP contribution in [0.3, 0.4) is 0 Å². The number of carbonyl (C=O) groups is 2. The Morgan fingerprint density at radius 3 is 1.42 bits per heavy atom. The van der Waals surface area contributed by atoms with Crippen LogP contribution in [0.4, 0.5) is 0 Å². The van der Waals surface area contributed by atoms with Crippen LogP contribution in [0.5, 0.6) is 0 Å². The Morgan fingerprint density at radius 1 is 0.769 bits per heavy atom. The third kappa shape index (κ3) is 4.21. The second-order valence-corrected chi connectivity index (χ2v) is 5.81. The van der Waals surface area contributed by atoms with Gasteiger partial charge in [-0.2, -0.15) is 0 Å². The number of nitrogens with zero attached hydrogens (tertiary/aromatic N) is 2. The maximum atomic E-state index is 11.8. The van der Waals surface area contributed by atoms with Crippen molar-refractivity contribution in [3.63, 3.8) is 0 Å². The highest BCUT2D eigenvalue weighted by Gasteiger charge is 2.10. The molecule has 0 saturated carbocycles. The van der Waals surface area contributed by atoms with E-state index in [9.17, 15) is 28.8 Å². The minimum Gasteiger partial charge on any atom is -0.300 e. The van der Waals surface area contributed by atoms with E-state index in [4.69, 9.17) is 0 Å². The molecule has 0 bridgehead atoms. The van der Waals surface area contributed by atoms with E-state index in [1.165, 1.54) is 35.4 Å². The third-order valence-electron chi connectivity index (χ3n) is 3.83. The number of aryl methyl sites for hydroxylation is 2. The van der Waals surface area contributed by atoms with E-state index in [0.717, 1.165) is 0 Å². The molecule has 0 spiro atoms. The summed E-state index contributed by atoms with van der Waals surface area (Å²) in [7, 11) is 0. The Hall–Kier alpha value is -3.30. The fraction of sp³-hybridized carbons (Fsp3) is 0.375. The highest BCUT2D eigenvalue weighted by Crippen LogP contribution is 1.98. The number of aromatic amines is 2. The molecule has 0 aliphatic carbocycles. The minimum absolute atomic E-state index is 0.104. The van der Waals surface area contributed by atoms with Crippen molar-refractivity contribution in [1.29, 1.82) is 0 Å². The number of nitrogens with one attached hydrogen (secondary N) is 2. The third-order valence-corrected chi connectivity index (χ3v) is 3.83. The molecule has 0 fully saturated rings. The van der Waals surface area contributed by atoms with Gasteiger partial charge in [-0.25, -0.2) is 9.59 Å². The van der Waals surface area contributed by atoms with Gasteiger partial charge in [0.25, 0.3) is 11.1 Å². The molecule has 0 aromatic carbocycles. The van der Waals surface area contributed by atoms with Crippen molar-refractivity contribution < 1.29 is 9.59 Å². The zero-order chi connectivity index (χ0) is 19.4. The van der Waals surface area contributed by atoms with Crippen LogP contribution in [0, 0.1) is 0 Å². The summed E-state index contributed by atoms with van der Waals surface area (Å²) in [5.74, 6) is -0.895. The van der Waals surface area contributed by atoms with Crippen molar-refractivity contribution in [3.05, 3.63) is 65.2 Å². The first kappa shape index (κ1) is 19.0. The Bertz CT molecular complexity index is 998. The molecule has 0 amide bonds. The predicted molar refractivity (Wildman–Crippen MR) is 91.9 cm³/mol. The summed E-state index contributed by atoms with van der Waals surface area (Å²) >= 11 is 0. The molecule has 2 aromatic heterocycles. The first-order valence-electron chi connectivity index (χ1n) is 7.90. The maximum absolute atomic E-state index is 11.8. The van der Waals surface area contributed by atoms with Gasteiger partial charge < -0.3 is 0 Å². The Balaban J connectivity index is 2.08. The summed E-state index contributed by atoms with van der Waals surface area (Å²) in [6.45, 7) is 2.92. The molecule has 2 heterocycles. The van der Waals surface area contributed by atoms with Crippen molar-refractivity contribution in [3.8, 4) is 0 Å². The normalized spacial score (nSPS) is 10.7. The first-order chi connectivity index (χ1) is 12.2. The SMILES string of the molecule is CC(=O)c1cn(CCCCn2cc(C(C)=O)c(=O)[nH]c2=O)c(=O)[nH]c1=O. The van der Waals surface area contributed by atoms with Crippen LogP contribution in [0.25, 0.3) is 0 Å². The summed E-state index contributed by atoms with van der Waals surface area (Å²) in [4.78, 5) is 73.4. The molecule has 0 saturated heterocycles. The molecule has 138 valence electrons. The van der Waals surface area contributed by atoms with Gasteiger partial charge in [0.1, 0.15) is 0 Å². The topological polar surface area (TPSA) is 144 Å². The predicted octanol–water partition coefficient (Wildman–Crippen LogP) is -0.728. The average molecular weight is 362 g/mol. The Labute approximate surface area is 146 Å². The van der Waals surface area contributed by atoms with Crippen molar-refractivity contribution >= 4 is 11.6 Å². The van der Waals surface area contributed by atoms with Gasteiger partial charge in [-0.1, -0.05) is 0 Å². The van der Waals surface area contributed by atoms with Gasteiger partial charge in [-0.05, 0) is 26.7 Å².